The number of hydrogen-bond acceptors (Lipinski definition) is 4. The van der Waals surface area contributed by atoms with Gasteiger partial charge >= 0.3 is 6.03 Å². The van der Waals surface area contributed by atoms with Crippen LogP contribution >= 0.6 is 0 Å². The molecule has 3 aromatic rings. The zero-order valence-electron chi connectivity index (χ0n) is 14.5. The number of aryl methyl sites for hydroxylation is 1. The minimum absolute atomic E-state index is 0.0626. The summed E-state index contributed by atoms with van der Waals surface area (Å²) < 4.78 is 0. The molecule has 0 saturated carbocycles. The molecule has 0 aliphatic rings. The number of carbonyl (C=O) groups excluding carboxylic acids is 2. The fourth-order valence-corrected chi connectivity index (χ4v) is 2.55. The van der Waals surface area contributed by atoms with Crippen molar-refractivity contribution in [2.45, 2.75) is 19.9 Å². The minimum atomic E-state index is -0.503. The third-order valence-corrected chi connectivity index (χ3v) is 3.81. The minimum Gasteiger partial charge on any atom is -0.324 e. The zero-order valence-corrected chi connectivity index (χ0v) is 14.5. The van der Waals surface area contributed by atoms with Gasteiger partial charge in [0.1, 0.15) is 11.9 Å². The van der Waals surface area contributed by atoms with E-state index in [1.807, 2.05) is 30.3 Å². The molecule has 3 N–H and O–H groups in total. The lowest BCUT2D eigenvalue weighted by atomic mass is 10.1. The maximum atomic E-state index is 12.5. The number of carbonyl (C=O) groups is 2. The second-order valence-corrected chi connectivity index (χ2v) is 5.86. The number of H-pyrrole nitrogens is 1. The molecule has 7 heteroatoms. The van der Waals surface area contributed by atoms with Gasteiger partial charge in [-0.2, -0.15) is 5.10 Å². The molecule has 1 atom stereocenters. The van der Waals surface area contributed by atoms with Crippen molar-refractivity contribution in [1.82, 2.24) is 20.5 Å². The highest BCUT2D eigenvalue weighted by Crippen LogP contribution is 2.19. The highest BCUT2D eigenvalue weighted by atomic mass is 16.2. The summed E-state index contributed by atoms with van der Waals surface area (Å²) in [5, 5.41) is 12.6. The van der Waals surface area contributed by atoms with Crippen molar-refractivity contribution in [3.63, 3.8) is 0 Å². The molecule has 0 saturated heterocycles. The highest BCUT2D eigenvalue weighted by Gasteiger charge is 2.21. The number of aromatic amines is 1. The molecule has 0 fully saturated rings. The number of urea groups is 1. The van der Waals surface area contributed by atoms with Crippen LogP contribution in [0.5, 0.6) is 0 Å². The molecule has 7 nitrogen and oxygen atoms in total. The predicted molar refractivity (Wildman–Crippen MR) is 98.0 cm³/mol. The number of Topliss-reactive ketones (excluding diaryl/α,β-unsaturated/α-hetero) is 1. The van der Waals surface area contributed by atoms with Gasteiger partial charge in [-0.3, -0.25) is 9.89 Å². The Hall–Kier alpha value is -3.48. The SMILES string of the molecule is CC(=O)c1cccc(NC(=O)N[C@H](c2ccccc2)c2n[nH]c(C)n2)c1. The molecule has 0 aliphatic carbocycles. The van der Waals surface area contributed by atoms with Gasteiger partial charge in [0.15, 0.2) is 11.6 Å². The van der Waals surface area contributed by atoms with Crippen LogP contribution in [0.25, 0.3) is 0 Å². The summed E-state index contributed by atoms with van der Waals surface area (Å²) in [5.74, 6) is 1.08. The maximum absolute atomic E-state index is 12.5. The highest BCUT2D eigenvalue weighted by molar-refractivity contribution is 5.96. The third kappa shape index (κ3) is 4.13. The fourth-order valence-electron chi connectivity index (χ4n) is 2.55. The van der Waals surface area contributed by atoms with E-state index >= 15 is 0 Å². The molecule has 132 valence electrons. The van der Waals surface area contributed by atoms with Crippen molar-refractivity contribution in [2.24, 2.45) is 0 Å². The standard InChI is InChI=1S/C19H19N5O2/c1-12(25)15-9-6-10-16(11-15)21-19(26)22-17(14-7-4-3-5-8-14)18-20-13(2)23-24-18/h3-11,17H,1-2H3,(H,20,23,24)(H2,21,22,26)/t17-/m1/s1. The van der Waals surface area contributed by atoms with Crippen molar-refractivity contribution in [2.75, 3.05) is 5.32 Å². The van der Waals surface area contributed by atoms with Gasteiger partial charge < -0.3 is 10.6 Å². The summed E-state index contributed by atoms with van der Waals surface area (Å²) in [7, 11) is 0. The molecule has 26 heavy (non-hydrogen) atoms. The predicted octanol–water partition coefficient (Wildman–Crippen LogP) is 3.23. The van der Waals surface area contributed by atoms with Gasteiger partial charge in [-0.25, -0.2) is 9.78 Å². The van der Waals surface area contributed by atoms with Crippen molar-refractivity contribution in [1.29, 1.82) is 0 Å². The van der Waals surface area contributed by atoms with E-state index in [4.69, 9.17) is 0 Å². The van der Waals surface area contributed by atoms with Crippen LogP contribution in [-0.4, -0.2) is 27.0 Å². The largest absolute Gasteiger partial charge is 0.324 e. The Balaban J connectivity index is 1.80. The van der Waals surface area contributed by atoms with Gasteiger partial charge in [0.2, 0.25) is 0 Å². The maximum Gasteiger partial charge on any atom is 0.320 e. The number of aromatic nitrogens is 3. The van der Waals surface area contributed by atoms with Gasteiger partial charge in [0.25, 0.3) is 0 Å². The van der Waals surface area contributed by atoms with Crippen molar-refractivity contribution < 1.29 is 9.59 Å². The molecule has 3 rings (SSSR count). The summed E-state index contributed by atoms with van der Waals surface area (Å²) in [5.41, 5.74) is 1.93. The van der Waals surface area contributed by atoms with Crippen LogP contribution < -0.4 is 10.6 Å². The number of nitrogens with one attached hydrogen (secondary N) is 3. The molecule has 0 spiro atoms. The molecule has 0 aliphatic heterocycles. The first kappa shape index (κ1) is 17.3. The Labute approximate surface area is 150 Å². The Bertz CT molecular complexity index is 920. The monoisotopic (exact) mass is 349 g/mol. The Morgan fingerprint density at radius 1 is 1.08 bits per heavy atom. The molecule has 1 aromatic heterocycles. The van der Waals surface area contributed by atoms with Gasteiger partial charge in [0.05, 0.1) is 0 Å². The fraction of sp³-hybridized carbons (Fsp3) is 0.158. The smallest absolute Gasteiger partial charge is 0.320 e. The van der Waals surface area contributed by atoms with Crippen molar-refractivity contribution >= 4 is 17.5 Å². The first-order valence-electron chi connectivity index (χ1n) is 8.15. The van der Waals surface area contributed by atoms with Crippen LogP contribution in [0.2, 0.25) is 0 Å². The third-order valence-electron chi connectivity index (χ3n) is 3.81. The van der Waals surface area contributed by atoms with Crippen LogP contribution in [0.1, 0.15) is 40.5 Å². The van der Waals surface area contributed by atoms with Crippen LogP contribution in [0.15, 0.2) is 54.6 Å². The Kier molecular flexibility index (Phi) is 5.07. The molecule has 0 radical (unpaired) electrons. The number of rotatable bonds is 5. The van der Waals surface area contributed by atoms with E-state index in [9.17, 15) is 9.59 Å². The van der Waals surface area contributed by atoms with E-state index in [1.165, 1.54) is 6.92 Å². The second-order valence-electron chi connectivity index (χ2n) is 5.86. The Morgan fingerprint density at radius 2 is 1.85 bits per heavy atom. The topological polar surface area (TPSA) is 99.8 Å². The Morgan fingerprint density at radius 3 is 2.50 bits per heavy atom. The lowest BCUT2D eigenvalue weighted by molar-refractivity contribution is 0.101. The van der Waals surface area contributed by atoms with Gasteiger partial charge in [-0.05, 0) is 31.5 Å². The van der Waals surface area contributed by atoms with Crippen LogP contribution in [0.3, 0.4) is 0 Å². The van der Waals surface area contributed by atoms with Crippen molar-refractivity contribution in [3.8, 4) is 0 Å². The number of amides is 2. The molecule has 0 bridgehead atoms. The molecular weight excluding hydrogens is 330 g/mol. The van der Waals surface area contributed by atoms with Gasteiger partial charge in [0, 0.05) is 11.3 Å². The van der Waals surface area contributed by atoms with Gasteiger partial charge in [-0.15, -0.1) is 0 Å². The summed E-state index contributed by atoms with van der Waals surface area (Å²) in [4.78, 5) is 28.3. The number of anilines is 1. The average Bonchev–Trinajstić information content (AvgIpc) is 3.06. The summed E-state index contributed by atoms with van der Waals surface area (Å²) in [6.45, 7) is 3.28. The number of hydrogen-bond donors (Lipinski definition) is 3. The summed E-state index contributed by atoms with van der Waals surface area (Å²) in [6, 6.07) is 15.3. The molecule has 1 heterocycles. The van der Waals surface area contributed by atoms with E-state index < -0.39 is 12.1 Å². The second kappa shape index (κ2) is 7.60. The summed E-state index contributed by atoms with van der Waals surface area (Å²) >= 11 is 0. The first-order valence-corrected chi connectivity index (χ1v) is 8.15. The first-order chi connectivity index (χ1) is 12.5. The quantitative estimate of drug-likeness (QED) is 0.616. The van der Waals surface area contributed by atoms with E-state index in [0.29, 0.717) is 22.9 Å². The molecule has 2 aromatic carbocycles. The summed E-state index contributed by atoms with van der Waals surface area (Å²) in [6.07, 6.45) is 0. The van der Waals surface area contributed by atoms with E-state index in [-0.39, 0.29) is 5.78 Å². The lowest BCUT2D eigenvalue weighted by Gasteiger charge is -2.17. The van der Waals surface area contributed by atoms with E-state index in [1.54, 1.807) is 31.2 Å². The van der Waals surface area contributed by atoms with E-state index in [2.05, 4.69) is 25.8 Å². The van der Waals surface area contributed by atoms with Crippen LogP contribution in [-0.2, 0) is 0 Å². The van der Waals surface area contributed by atoms with Crippen molar-refractivity contribution in [3.05, 3.63) is 77.4 Å². The molecule has 2 amide bonds. The van der Waals surface area contributed by atoms with Crippen LogP contribution in [0, 0.1) is 6.92 Å². The zero-order chi connectivity index (χ0) is 18.5. The average molecular weight is 349 g/mol. The van der Waals surface area contributed by atoms with Gasteiger partial charge in [-0.1, -0.05) is 42.5 Å². The normalized spacial score (nSPS) is 11.6. The molecule has 0 unspecified atom stereocenters. The lowest BCUT2D eigenvalue weighted by Crippen LogP contribution is -2.33. The number of nitrogens with zero attached hydrogens (tertiary/aromatic N) is 2. The van der Waals surface area contributed by atoms with E-state index in [0.717, 1.165) is 5.56 Å². The number of ketones is 1. The number of benzene rings is 2. The van der Waals surface area contributed by atoms with Crippen LogP contribution in [0.4, 0.5) is 10.5 Å². The molecular formula is C19H19N5O2.